The van der Waals surface area contributed by atoms with E-state index >= 15 is 0 Å². The van der Waals surface area contributed by atoms with Crippen LogP contribution < -0.4 is 10.5 Å². The van der Waals surface area contributed by atoms with Crippen molar-refractivity contribution in [2.45, 2.75) is 13.3 Å². The fourth-order valence-corrected chi connectivity index (χ4v) is 1.22. The Morgan fingerprint density at radius 2 is 2.27 bits per heavy atom. The molecule has 0 amide bonds. The Morgan fingerprint density at radius 3 is 2.87 bits per heavy atom. The zero-order chi connectivity index (χ0) is 11.3. The van der Waals surface area contributed by atoms with Crippen LogP contribution in [0.1, 0.15) is 17.5 Å². The minimum atomic E-state index is -0.00556. The molecule has 1 aromatic rings. The Morgan fingerprint density at radius 1 is 1.53 bits per heavy atom. The van der Waals surface area contributed by atoms with Gasteiger partial charge >= 0.3 is 0 Å². The zero-order valence-corrected chi connectivity index (χ0v) is 8.79. The van der Waals surface area contributed by atoms with E-state index in [2.05, 4.69) is 0 Å². The van der Waals surface area contributed by atoms with Crippen molar-refractivity contribution in [1.29, 1.82) is 5.41 Å². The van der Waals surface area contributed by atoms with Crippen molar-refractivity contribution in [3.63, 3.8) is 0 Å². The molecule has 0 aliphatic heterocycles. The average Bonchev–Trinajstić information content (AvgIpc) is 2.18. The lowest BCUT2D eigenvalue weighted by Crippen LogP contribution is -2.13. The van der Waals surface area contributed by atoms with Gasteiger partial charge in [0.1, 0.15) is 11.6 Å². The summed E-state index contributed by atoms with van der Waals surface area (Å²) < 4.78 is 5.44. The molecular weight excluding hydrogens is 192 g/mol. The fraction of sp³-hybridized carbons (Fsp3) is 0.364. The molecule has 1 aromatic carbocycles. The van der Waals surface area contributed by atoms with Crippen molar-refractivity contribution in [2.75, 3.05) is 13.2 Å². The largest absolute Gasteiger partial charge is 0.493 e. The first-order chi connectivity index (χ1) is 7.15. The number of nitrogens with one attached hydrogen (secondary N) is 1. The maximum atomic E-state index is 8.63. The van der Waals surface area contributed by atoms with E-state index in [1.165, 1.54) is 0 Å². The lowest BCUT2D eigenvalue weighted by molar-refractivity contribution is 0.233. The summed E-state index contributed by atoms with van der Waals surface area (Å²) in [6.07, 6.45) is 0.575. The highest BCUT2D eigenvalue weighted by molar-refractivity contribution is 5.97. The molecule has 0 spiro atoms. The Bertz CT molecular complexity index is 350. The Balaban J connectivity index is 2.82. The SMILES string of the molecule is Cc1ccc(C(=N)N)c(OCCCO)c1. The maximum absolute atomic E-state index is 8.63. The molecule has 0 aliphatic rings. The van der Waals surface area contributed by atoms with E-state index in [0.29, 0.717) is 24.3 Å². The van der Waals surface area contributed by atoms with Crippen LogP contribution in [0.2, 0.25) is 0 Å². The number of nitrogen functional groups attached to an aromatic ring is 1. The molecule has 0 saturated heterocycles. The van der Waals surface area contributed by atoms with Crippen molar-refractivity contribution < 1.29 is 9.84 Å². The topological polar surface area (TPSA) is 79.3 Å². The molecule has 0 fully saturated rings. The van der Waals surface area contributed by atoms with Crippen molar-refractivity contribution in [3.05, 3.63) is 29.3 Å². The predicted octanol–water partition coefficient (Wildman–Crippen LogP) is 1.04. The zero-order valence-electron chi connectivity index (χ0n) is 8.79. The molecule has 0 saturated carbocycles. The molecule has 4 N–H and O–H groups in total. The van der Waals surface area contributed by atoms with Crippen LogP contribution in [0.5, 0.6) is 5.75 Å². The van der Waals surface area contributed by atoms with E-state index in [9.17, 15) is 0 Å². The van der Waals surface area contributed by atoms with Gasteiger partial charge < -0.3 is 15.6 Å². The molecule has 82 valence electrons. The molecule has 4 heteroatoms. The monoisotopic (exact) mass is 208 g/mol. The molecule has 15 heavy (non-hydrogen) atoms. The molecule has 0 bridgehead atoms. The summed E-state index contributed by atoms with van der Waals surface area (Å²) in [6, 6.07) is 5.50. The molecule has 0 heterocycles. The quantitative estimate of drug-likeness (QED) is 0.384. The summed E-state index contributed by atoms with van der Waals surface area (Å²) in [4.78, 5) is 0. The molecular formula is C11H16N2O2. The third kappa shape index (κ3) is 3.25. The minimum absolute atomic E-state index is 0.00556. The Kier molecular flexibility index (Phi) is 4.12. The molecule has 4 nitrogen and oxygen atoms in total. The lowest BCUT2D eigenvalue weighted by atomic mass is 10.1. The van der Waals surface area contributed by atoms with E-state index in [1.807, 2.05) is 19.1 Å². The van der Waals surface area contributed by atoms with Gasteiger partial charge in [-0.15, -0.1) is 0 Å². The van der Waals surface area contributed by atoms with E-state index in [0.717, 1.165) is 5.56 Å². The van der Waals surface area contributed by atoms with Gasteiger partial charge in [-0.1, -0.05) is 6.07 Å². The van der Waals surface area contributed by atoms with Gasteiger partial charge in [0.15, 0.2) is 0 Å². The number of hydrogen-bond donors (Lipinski definition) is 3. The third-order valence-corrected chi connectivity index (χ3v) is 1.99. The van der Waals surface area contributed by atoms with E-state index in [-0.39, 0.29) is 12.4 Å². The second kappa shape index (κ2) is 5.36. The number of amidine groups is 1. The van der Waals surface area contributed by atoms with Crippen molar-refractivity contribution in [2.24, 2.45) is 5.73 Å². The Labute approximate surface area is 89.2 Å². The highest BCUT2D eigenvalue weighted by Crippen LogP contribution is 2.19. The van der Waals surface area contributed by atoms with Gasteiger partial charge in [0.2, 0.25) is 0 Å². The predicted molar refractivity (Wildman–Crippen MR) is 59.4 cm³/mol. The number of aryl methyl sites for hydroxylation is 1. The number of aliphatic hydroxyl groups excluding tert-OH is 1. The number of hydrogen-bond acceptors (Lipinski definition) is 3. The van der Waals surface area contributed by atoms with E-state index in [1.54, 1.807) is 6.07 Å². The number of nitrogens with two attached hydrogens (primary N) is 1. The van der Waals surface area contributed by atoms with Gasteiger partial charge in [0.25, 0.3) is 0 Å². The summed E-state index contributed by atoms with van der Waals surface area (Å²) in [5.74, 6) is 0.602. The first-order valence-corrected chi connectivity index (χ1v) is 4.84. The summed E-state index contributed by atoms with van der Waals surface area (Å²) in [6.45, 7) is 2.48. The smallest absolute Gasteiger partial charge is 0.130 e. The summed E-state index contributed by atoms with van der Waals surface area (Å²) in [7, 11) is 0. The van der Waals surface area contributed by atoms with Crippen molar-refractivity contribution in [1.82, 2.24) is 0 Å². The van der Waals surface area contributed by atoms with Crippen molar-refractivity contribution >= 4 is 5.84 Å². The summed E-state index contributed by atoms with van der Waals surface area (Å²) >= 11 is 0. The van der Waals surface area contributed by atoms with Crippen LogP contribution in [0.15, 0.2) is 18.2 Å². The number of rotatable bonds is 5. The molecule has 1 rings (SSSR count). The van der Waals surface area contributed by atoms with Gasteiger partial charge in [-0.05, 0) is 24.6 Å². The molecule has 0 aliphatic carbocycles. The van der Waals surface area contributed by atoms with Gasteiger partial charge in [0.05, 0.1) is 12.2 Å². The first-order valence-electron chi connectivity index (χ1n) is 4.84. The van der Waals surface area contributed by atoms with E-state index in [4.69, 9.17) is 21.0 Å². The summed E-state index contributed by atoms with van der Waals surface area (Å²) in [5, 5.41) is 16.0. The van der Waals surface area contributed by atoms with Crippen LogP contribution in [0, 0.1) is 12.3 Å². The van der Waals surface area contributed by atoms with Crippen LogP contribution in [-0.4, -0.2) is 24.2 Å². The minimum Gasteiger partial charge on any atom is -0.493 e. The molecule has 0 radical (unpaired) electrons. The number of aliphatic hydroxyl groups is 1. The van der Waals surface area contributed by atoms with Crippen molar-refractivity contribution in [3.8, 4) is 5.75 Å². The normalized spacial score (nSPS) is 10.0. The van der Waals surface area contributed by atoms with E-state index < -0.39 is 0 Å². The third-order valence-electron chi connectivity index (χ3n) is 1.99. The number of ether oxygens (including phenoxy) is 1. The van der Waals surface area contributed by atoms with Crippen LogP contribution in [0.4, 0.5) is 0 Å². The Hall–Kier alpha value is -1.55. The number of benzene rings is 1. The van der Waals surface area contributed by atoms with Crippen LogP contribution >= 0.6 is 0 Å². The van der Waals surface area contributed by atoms with Crippen LogP contribution in [0.25, 0.3) is 0 Å². The van der Waals surface area contributed by atoms with Gasteiger partial charge in [-0.3, -0.25) is 5.41 Å². The first kappa shape index (κ1) is 11.5. The average molecular weight is 208 g/mol. The standard InChI is InChI=1S/C11H16N2O2/c1-8-3-4-9(11(12)13)10(7-8)15-6-2-5-14/h3-4,7,14H,2,5-6H2,1H3,(H3,12,13). The maximum Gasteiger partial charge on any atom is 0.130 e. The van der Waals surface area contributed by atoms with Gasteiger partial charge in [-0.25, -0.2) is 0 Å². The van der Waals surface area contributed by atoms with Gasteiger partial charge in [0, 0.05) is 13.0 Å². The molecule has 0 atom stereocenters. The lowest BCUT2D eigenvalue weighted by Gasteiger charge is -2.10. The highest BCUT2D eigenvalue weighted by atomic mass is 16.5. The summed E-state index contributed by atoms with van der Waals surface area (Å²) in [5.41, 5.74) is 7.07. The molecule has 0 unspecified atom stereocenters. The van der Waals surface area contributed by atoms with Crippen LogP contribution in [0.3, 0.4) is 0 Å². The van der Waals surface area contributed by atoms with Crippen LogP contribution in [-0.2, 0) is 0 Å². The second-order valence-electron chi connectivity index (χ2n) is 3.34. The molecule has 0 aromatic heterocycles. The highest BCUT2D eigenvalue weighted by Gasteiger charge is 2.06. The van der Waals surface area contributed by atoms with Gasteiger partial charge in [-0.2, -0.15) is 0 Å². The fourth-order valence-electron chi connectivity index (χ4n) is 1.22. The second-order valence-corrected chi connectivity index (χ2v) is 3.34.